The van der Waals surface area contributed by atoms with Crippen molar-refractivity contribution in [2.24, 2.45) is 0 Å². The summed E-state index contributed by atoms with van der Waals surface area (Å²) in [5.41, 5.74) is 4.37. The van der Waals surface area contributed by atoms with E-state index < -0.39 is 0 Å². The van der Waals surface area contributed by atoms with Crippen molar-refractivity contribution in [2.75, 3.05) is 45.2 Å². The van der Waals surface area contributed by atoms with Crippen LogP contribution in [-0.2, 0) is 6.42 Å². The second kappa shape index (κ2) is 33.8. The fourth-order valence-electron chi connectivity index (χ4n) is 6.96. The number of anilines is 4. The summed E-state index contributed by atoms with van der Waals surface area (Å²) in [6, 6.07) is 18.2. The molecule has 0 spiro atoms. The van der Waals surface area contributed by atoms with Crippen molar-refractivity contribution in [3.63, 3.8) is 0 Å². The van der Waals surface area contributed by atoms with Gasteiger partial charge in [-0.25, -0.2) is 0 Å². The van der Waals surface area contributed by atoms with Crippen LogP contribution in [0.4, 0.5) is 23.3 Å². The molecule has 0 aliphatic heterocycles. The Bertz CT molecular complexity index is 1700. The summed E-state index contributed by atoms with van der Waals surface area (Å²) < 4.78 is 0. The van der Waals surface area contributed by atoms with Crippen LogP contribution < -0.4 is 10.6 Å². The number of hydrogen-bond donors (Lipinski definition) is 2. The molecule has 11 heteroatoms. The normalized spacial score (nSPS) is 11.4. The molecule has 0 atom stereocenters. The van der Waals surface area contributed by atoms with E-state index in [1.807, 2.05) is 47.0 Å². The first-order valence-corrected chi connectivity index (χ1v) is 30.9. The van der Waals surface area contributed by atoms with Gasteiger partial charge in [0.05, 0.1) is 0 Å². The molecule has 4 aromatic rings. The van der Waals surface area contributed by atoms with E-state index in [4.69, 9.17) is 15.0 Å². The predicted octanol–water partition coefficient (Wildman–Crippen LogP) is 19.3. The summed E-state index contributed by atoms with van der Waals surface area (Å²) >= 11 is 12.2. The maximum Gasteiger partial charge on any atom is 0.232 e. The molecule has 5 nitrogen and oxygen atoms in total. The number of nitrogens with one attached hydrogen (secondary N) is 2. The van der Waals surface area contributed by atoms with Crippen LogP contribution in [-0.4, -0.2) is 49.5 Å². The summed E-state index contributed by atoms with van der Waals surface area (Å²) in [6.45, 7) is 16.0. The quantitative estimate of drug-likeness (QED) is 0.0338. The largest absolute Gasteiger partial charge is 0.324 e. The number of benzene rings is 3. The van der Waals surface area contributed by atoms with Gasteiger partial charge in [-0.3, -0.25) is 0 Å². The van der Waals surface area contributed by atoms with Crippen LogP contribution in [0.2, 0.25) is 0 Å². The lowest BCUT2D eigenvalue weighted by molar-refractivity contribution is 0.776. The highest BCUT2D eigenvalue weighted by atomic mass is 32.2. The molecule has 2 N–H and O–H groups in total. The number of thioether (sulfide) groups is 6. The molecule has 0 bridgehead atoms. The third-order valence-electron chi connectivity index (χ3n) is 10.8. The number of aryl methyl sites for hydroxylation is 1. The lowest BCUT2D eigenvalue weighted by atomic mass is 10.1. The minimum absolute atomic E-state index is 0.561. The van der Waals surface area contributed by atoms with E-state index in [9.17, 15) is 0 Å². The fourth-order valence-corrected chi connectivity index (χ4v) is 14.5. The molecule has 0 saturated heterocycles. The molecular formula is C53H81N5S6. The summed E-state index contributed by atoms with van der Waals surface area (Å²) in [5, 5.41) is 7.49. The zero-order valence-corrected chi connectivity index (χ0v) is 45.5. The van der Waals surface area contributed by atoms with Gasteiger partial charge in [0.15, 0.2) is 5.82 Å². The molecule has 0 fully saturated rings. The summed E-state index contributed by atoms with van der Waals surface area (Å²) in [7, 11) is 0. The van der Waals surface area contributed by atoms with Gasteiger partial charge >= 0.3 is 0 Å². The van der Waals surface area contributed by atoms with Crippen LogP contribution in [0.5, 0.6) is 0 Å². The number of rotatable bonds is 36. The number of unbranched alkanes of at least 4 members (excludes halogenated alkanes) is 12. The topological polar surface area (TPSA) is 62.7 Å². The van der Waals surface area contributed by atoms with Crippen molar-refractivity contribution in [2.45, 2.75) is 200 Å². The minimum atomic E-state index is 0.561. The Kier molecular flexibility index (Phi) is 29.0. The maximum absolute atomic E-state index is 5.15. The molecule has 0 aliphatic rings. The van der Waals surface area contributed by atoms with Gasteiger partial charge in [-0.05, 0) is 109 Å². The van der Waals surface area contributed by atoms with Gasteiger partial charge in [-0.15, -0.1) is 70.6 Å². The zero-order valence-electron chi connectivity index (χ0n) is 40.6. The first-order chi connectivity index (χ1) is 31.5. The molecule has 0 amide bonds. The highest BCUT2D eigenvalue weighted by molar-refractivity contribution is 8.04. The molecule has 0 radical (unpaired) electrons. The molecule has 1 aromatic heterocycles. The van der Waals surface area contributed by atoms with E-state index in [0.29, 0.717) is 17.7 Å². The lowest BCUT2D eigenvalue weighted by Crippen LogP contribution is -2.06. The Balaban J connectivity index is 1.80. The summed E-state index contributed by atoms with van der Waals surface area (Å²) in [4.78, 5) is 23.8. The van der Waals surface area contributed by atoms with Crippen LogP contribution in [0.15, 0.2) is 77.9 Å². The van der Waals surface area contributed by atoms with Crippen molar-refractivity contribution in [1.82, 2.24) is 15.0 Å². The van der Waals surface area contributed by atoms with Gasteiger partial charge in [0.2, 0.25) is 11.9 Å². The van der Waals surface area contributed by atoms with Gasteiger partial charge in [0.25, 0.3) is 0 Å². The number of hydrogen-bond acceptors (Lipinski definition) is 11. The van der Waals surface area contributed by atoms with Crippen molar-refractivity contribution >= 4 is 93.8 Å². The molecular weight excluding hydrogens is 899 g/mol. The highest BCUT2D eigenvalue weighted by Crippen LogP contribution is 2.44. The third-order valence-corrected chi connectivity index (χ3v) is 18.3. The molecule has 3 aromatic carbocycles. The molecule has 0 unspecified atom stereocenters. The van der Waals surface area contributed by atoms with Crippen molar-refractivity contribution in [1.29, 1.82) is 0 Å². The second-order valence-electron chi connectivity index (χ2n) is 16.5. The van der Waals surface area contributed by atoms with Gasteiger partial charge in [-0.1, -0.05) is 150 Å². The summed E-state index contributed by atoms with van der Waals surface area (Å²) in [5.74, 6) is 8.62. The van der Waals surface area contributed by atoms with E-state index in [-0.39, 0.29) is 0 Å². The lowest BCUT2D eigenvalue weighted by Gasteiger charge is -2.18. The average Bonchev–Trinajstić information content (AvgIpc) is 3.30. The van der Waals surface area contributed by atoms with E-state index in [1.165, 1.54) is 151 Å². The van der Waals surface area contributed by atoms with E-state index in [2.05, 4.69) is 131 Å². The van der Waals surface area contributed by atoms with E-state index >= 15 is 0 Å². The van der Waals surface area contributed by atoms with E-state index in [1.54, 1.807) is 0 Å². The van der Waals surface area contributed by atoms with Crippen LogP contribution in [0, 0.1) is 0 Å². The van der Waals surface area contributed by atoms with Crippen LogP contribution in [0.3, 0.4) is 0 Å². The molecule has 354 valence electrons. The summed E-state index contributed by atoms with van der Waals surface area (Å²) in [6.07, 6.45) is 23.5. The number of nitrogens with zero attached hydrogens (tertiary/aromatic N) is 3. The van der Waals surface area contributed by atoms with Gasteiger partial charge in [-0.2, -0.15) is 15.0 Å². The second-order valence-corrected chi connectivity index (χ2v) is 23.3. The third kappa shape index (κ3) is 20.3. The van der Waals surface area contributed by atoms with E-state index in [0.717, 1.165) is 57.9 Å². The number of aromatic nitrogens is 3. The molecule has 0 saturated carbocycles. The fraction of sp³-hybridized carbons (Fsp3) is 0.604. The maximum atomic E-state index is 5.15. The van der Waals surface area contributed by atoms with Crippen LogP contribution in [0.25, 0.3) is 11.4 Å². The Hall–Kier alpha value is -1.63. The van der Waals surface area contributed by atoms with Crippen LogP contribution >= 0.6 is 70.6 Å². The molecule has 4 rings (SSSR count). The van der Waals surface area contributed by atoms with Gasteiger partial charge in [0, 0.05) is 46.3 Å². The zero-order chi connectivity index (χ0) is 45.6. The smallest absolute Gasteiger partial charge is 0.232 e. The monoisotopic (exact) mass is 979 g/mol. The van der Waals surface area contributed by atoms with Gasteiger partial charge in [0.1, 0.15) is 0 Å². The Morgan fingerprint density at radius 3 is 0.984 bits per heavy atom. The van der Waals surface area contributed by atoms with Crippen molar-refractivity contribution in [3.8, 4) is 11.4 Å². The first-order valence-electron chi connectivity index (χ1n) is 25.0. The Morgan fingerprint density at radius 1 is 0.375 bits per heavy atom. The predicted molar refractivity (Wildman–Crippen MR) is 296 cm³/mol. The highest BCUT2D eigenvalue weighted by Gasteiger charge is 2.18. The first kappa shape index (κ1) is 55.0. The average molecular weight is 981 g/mol. The Labute approximate surface area is 416 Å². The molecule has 64 heavy (non-hydrogen) atoms. The minimum Gasteiger partial charge on any atom is -0.324 e. The van der Waals surface area contributed by atoms with Crippen molar-refractivity contribution < 1.29 is 0 Å². The van der Waals surface area contributed by atoms with Crippen molar-refractivity contribution in [3.05, 3.63) is 54.1 Å². The Morgan fingerprint density at radius 2 is 0.688 bits per heavy atom. The molecule has 0 aliphatic carbocycles. The SMILES string of the molecule is CCCCCSc1cc(Nc2nc(Nc3cc(SCCCCC)c(SCCCCC)c(SCCCCC)c3)nc(-c3ccc(CC)cc3)n2)cc(SCCCCC)c1SCCCCC. The van der Waals surface area contributed by atoms with Crippen LogP contribution in [0.1, 0.15) is 170 Å². The standard InChI is InChI=1S/C53H81N5S6/c1-8-15-21-31-59-45-37-43(38-46(60-32-22-16-9-2)49(45)63-35-25-19-12-5)54-52-56-51(42-29-27-41(14-7)28-30-42)57-53(58-52)55-44-39-47(61-33-23-17-10-3)50(64-36-26-20-13-6)48(40-44)62-34-24-18-11-4/h27-30,37-40H,8-26,31-36H2,1-7H3,(H2,54,55,56,57,58). The molecule has 1 heterocycles. The van der Waals surface area contributed by atoms with Gasteiger partial charge < -0.3 is 10.6 Å².